The van der Waals surface area contributed by atoms with Gasteiger partial charge in [0, 0.05) is 24.3 Å². The first kappa shape index (κ1) is 17.1. The van der Waals surface area contributed by atoms with Crippen LogP contribution >= 0.6 is 11.3 Å². The first-order chi connectivity index (χ1) is 11.7. The van der Waals surface area contributed by atoms with Gasteiger partial charge in [-0.15, -0.1) is 11.3 Å². The smallest absolute Gasteiger partial charge is 0.226 e. The highest BCUT2D eigenvalue weighted by Gasteiger charge is 2.24. The van der Waals surface area contributed by atoms with E-state index in [2.05, 4.69) is 37.9 Å². The standard InChI is InChI=1S/C17H24N4O2S/c1-13-19-17(23-20-13)8-4-7-16(22)18-12-14(15-6-5-11-24-15)21-9-2-3-10-21/h5-6,11,14H,2-4,7-10,12H2,1H3,(H,18,22)/t14-/m0/s1. The lowest BCUT2D eigenvalue weighted by Crippen LogP contribution is -2.36. The first-order valence-electron chi connectivity index (χ1n) is 8.56. The van der Waals surface area contributed by atoms with Crippen molar-refractivity contribution in [2.24, 2.45) is 0 Å². The van der Waals surface area contributed by atoms with Crippen molar-refractivity contribution < 1.29 is 9.32 Å². The molecule has 0 radical (unpaired) electrons. The molecule has 1 atom stereocenters. The van der Waals surface area contributed by atoms with Crippen LogP contribution in [0.5, 0.6) is 0 Å². The van der Waals surface area contributed by atoms with Crippen molar-refractivity contribution in [3.8, 4) is 0 Å². The van der Waals surface area contributed by atoms with Gasteiger partial charge in [-0.1, -0.05) is 11.2 Å². The van der Waals surface area contributed by atoms with Gasteiger partial charge in [0.05, 0.1) is 6.04 Å². The number of rotatable bonds is 8. The quantitative estimate of drug-likeness (QED) is 0.794. The number of nitrogens with one attached hydrogen (secondary N) is 1. The molecule has 130 valence electrons. The molecule has 0 aliphatic carbocycles. The van der Waals surface area contributed by atoms with Crippen molar-refractivity contribution in [3.05, 3.63) is 34.1 Å². The molecule has 1 aliphatic heterocycles. The molecule has 1 N–H and O–H groups in total. The summed E-state index contributed by atoms with van der Waals surface area (Å²) in [5, 5.41) is 8.96. The minimum atomic E-state index is 0.0898. The highest BCUT2D eigenvalue weighted by molar-refractivity contribution is 7.10. The molecule has 2 aromatic heterocycles. The molecule has 0 saturated carbocycles. The van der Waals surface area contributed by atoms with Gasteiger partial charge in [-0.05, 0) is 50.7 Å². The predicted molar refractivity (Wildman–Crippen MR) is 92.8 cm³/mol. The maximum Gasteiger partial charge on any atom is 0.226 e. The van der Waals surface area contributed by atoms with E-state index in [1.54, 1.807) is 18.3 Å². The number of thiophene rings is 1. The van der Waals surface area contributed by atoms with E-state index in [0.29, 0.717) is 37.1 Å². The molecule has 1 saturated heterocycles. The third-order valence-electron chi connectivity index (χ3n) is 4.31. The second-order valence-electron chi connectivity index (χ2n) is 6.17. The van der Waals surface area contributed by atoms with Gasteiger partial charge in [0.2, 0.25) is 11.8 Å². The number of aromatic nitrogens is 2. The van der Waals surface area contributed by atoms with Gasteiger partial charge in [0.15, 0.2) is 5.82 Å². The highest BCUT2D eigenvalue weighted by Crippen LogP contribution is 2.27. The van der Waals surface area contributed by atoms with Gasteiger partial charge in [-0.2, -0.15) is 4.98 Å². The van der Waals surface area contributed by atoms with Crippen LogP contribution in [0.3, 0.4) is 0 Å². The Kier molecular flexibility index (Phi) is 5.98. The number of hydrogen-bond donors (Lipinski definition) is 1. The van der Waals surface area contributed by atoms with Crippen LogP contribution in [0.4, 0.5) is 0 Å². The number of carbonyl (C=O) groups excluding carboxylic acids is 1. The van der Waals surface area contributed by atoms with Gasteiger partial charge >= 0.3 is 0 Å². The summed E-state index contributed by atoms with van der Waals surface area (Å²) in [7, 11) is 0. The molecule has 0 spiro atoms. The average molecular weight is 348 g/mol. The Hall–Kier alpha value is -1.73. The van der Waals surface area contributed by atoms with Gasteiger partial charge in [-0.25, -0.2) is 0 Å². The molecule has 3 heterocycles. The predicted octanol–water partition coefficient (Wildman–Crippen LogP) is 2.72. The number of amides is 1. The Morgan fingerprint density at radius 1 is 1.46 bits per heavy atom. The Labute approximate surface area is 146 Å². The summed E-state index contributed by atoms with van der Waals surface area (Å²) in [6.45, 7) is 4.71. The monoisotopic (exact) mass is 348 g/mol. The van der Waals surface area contributed by atoms with Gasteiger partial charge in [0.25, 0.3) is 0 Å². The number of carbonyl (C=O) groups is 1. The molecule has 6 nitrogen and oxygen atoms in total. The normalized spacial score (nSPS) is 16.4. The Balaban J connectivity index is 1.44. The van der Waals surface area contributed by atoms with Crippen LogP contribution in [0.25, 0.3) is 0 Å². The molecule has 0 unspecified atom stereocenters. The Morgan fingerprint density at radius 3 is 2.96 bits per heavy atom. The molecule has 7 heteroatoms. The van der Waals surface area contributed by atoms with E-state index in [1.165, 1.54) is 17.7 Å². The molecule has 1 amide bonds. The highest BCUT2D eigenvalue weighted by atomic mass is 32.1. The average Bonchev–Trinajstić information content (AvgIpc) is 3.30. The summed E-state index contributed by atoms with van der Waals surface area (Å²) in [5.74, 6) is 1.33. The maximum absolute atomic E-state index is 12.1. The molecular formula is C17H24N4O2S. The molecule has 0 bridgehead atoms. The fourth-order valence-electron chi connectivity index (χ4n) is 3.08. The van der Waals surface area contributed by atoms with Crippen LogP contribution in [0.1, 0.15) is 48.3 Å². The van der Waals surface area contributed by atoms with Gasteiger partial charge < -0.3 is 9.84 Å². The third kappa shape index (κ3) is 4.64. The summed E-state index contributed by atoms with van der Waals surface area (Å²) in [6.07, 6.45) is 4.35. The fraction of sp³-hybridized carbons (Fsp3) is 0.588. The second kappa shape index (κ2) is 8.39. The van der Waals surface area contributed by atoms with E-state index >= 15 is 0 Å². The zero-order valence-corrected chi connectivity index (χ0v) is 14.8. The molecule has 24 heavy (non-hydrogen) atoms. The molecule has 1 aliphatic rings. The van der Waals surface area contributed by atoms with Crippen LogP contribution in [0.2, 0.25) is 0 Å². The van der Waals surface area contributed by atoms with E-state index in [4.69, 9.17) is 4.52 Å². The molecule has 3 rings (SSSR count). The zero-order valence-electron chi connectivity index (χ0n) is 14.0. The van der Waals surface area contributed by atoms with E-state index in [-0.39, 0.29) is 5.91 Å². The van der Waals surface area contributed by atoms with E-state index in [0.717, 1.165) is 19.5 Å². The van der Waals surface area contributed by atoms with Crippen LogP contribution in [-0.2, 0) is 11.2 Å². The minimum Gasteiger partial charge on any atom is -0.354 e. The first-order valence-corrected chi connectivity index (χ1v) is 9.43. The zero-order chi connectivity index (χ0) is 16.8. The SMILES string of the molecule is Cc1noc(CCCC(=O)NC[C@@H](c2cccs2)N2CCCC2)n1. The summed E-state index contributed by atoms with van der Waals surface area (Å²) >= 11 is 1.77. The van der Waals surface area contributed by atoms with Crippen molar-refractivity contribution in [1.82, 2.24) is 20.4 Å². The van der Waals surface area contributed by atoms with Crippen LogP contribution in [0, 0.1) is 6.92 Å². The summed E-state index contributed by atoms with van der Waals surface area (Å²) < 4.78 is 5.06. The van der Waals surface area contributed by atoms with Crippen molar-refractivity contribution in [1.29, 1.82) is 0 Å². The Bertz CT molecular complexity index is 635. The van der Waals surface area contributed by atoms with Crippen molar-refractivity contribution in [2.75, 3.05) is 19.6 Å². The van der Waals surface area contributed by atoms with Crippen LogP contribution in [0.15, 0.2) is 22.0 Å². The lowest BCUT2D eigenvalue weighted by molar-refractivity contribution is -0.121. The van der Waals surface area contributed by atoms with Crippen molar-refractivity contribution in [3.63, 3.8) is 0 Å². The Morgan fingerprint density at radius 2 is 2.29 bits per heavy atom. The molecule has 1 fully saturated rings. The van der Waals surface area contributed by atoms with Crippen LogP contribution in [-0.4, -0.2) is 40.6 Å². The number of nitrogens with zero attached hydrogens (tertiary/aromatic N) is 3. The summed E-state index contributed by atoms with van der Waals surface area (Å²) in [4.78, 5) is 20.1. The topological polar surface area (TPSA) is 71.3 Å². The summed E-state index contributed by atoms with van der Waals surface area (Å²) in [6, 6.07) is 4.55. The lowest BCUT2D eigenvalue weighted by Gasteiger charge is -2.26. The van der Waals surface area contributed by atoms with Gasteiger partial charge in [0.1, 0.15) is 0 Å². The number of hydrogen-bond acceptors (Lipinski definition) is 6. The third-order valence-corrected chi connectivity index (χ3v) is 5.28. The van der Waals surface area contributed by atoms with Gasteiger partial charge in [-0.3, -0.25) is 9.69 Å². The van der Waals surface area contributed by atoms with Crippen molar-refractivity contribution >= 4 is 17.2 Å². The number of likely N-dealkylation sites (tertiary alicyclic amines) is 1. The van der Waals surface area contributed by atoms with E-state index in [9.17, 15) is 4.79 Å². The largest absolute Gasteiger partial charge is 0.354 e. The van der Waals surface area contributed by atoms with Crippen LogP contribution < -0.4 is 5.32 Å². The minimum absolute atomic E-state index is 0.0898. The second-order valence-corrected chi connectivity index (χ2v) is 7.15. The lowest BCUT2D eigenvalue weighted by atomic mass is 10.2. The van der Waals surface area contributed by atoms with Crippen molar-refractivity contribution in [2.45, 2.75) is 45.1 Å². The molecule has 0 aromatic carbocycles. The van der Waals surface area contributed by atoms with E-state index < -0.39 is 0 Å². The van der Waals surface area contributed by atoms with E-state index in [1.807, 2.05) is 0 Å². The molecule has 2 aromatic rings. The maximum atomic E-state index is 12.1. The number of aryl methyl sites for hydroxylation is 2. The molecular weight excluding hydrogens is 324 g/mol. The summed E-state index contributed by atoms with van der Waals surface area (Å²) in [5.41, 5.74) is 0. The fourth-order valence-corrected chi connectivity index (χ4v) is 3.95.